The van der Waals surface area contributed by atoms with Crippen LogP contribution >= 0.6 is 12.4 Å². The number of imidazole rings is 1. The van der Waals surface area contributed by atoms with Crippen molar-refractivity contribution in [3.8, 4) is 5.69 Å². The maximum atomic E-state index is 4.83. The van der Waals surface area contributed by atoms with Gasteiger partial charge in [-0.3, -0.25) is 0 Å². The van der Waals surface area contributed by atoms with E-state index in [9.17, 15) is 0 Å². The molecule has 0 saturated carbocycles. The fraction of sp³-hybridized carbons (Fsp3) is 0.391. The number of anilines is 2. The first-order valence-corrected chi connectivity index (χ1v) is 11.2. The lowest BCUT2D eigenvalue weighted by molar-refractivity contribution is 0.477. The lowest BCUT2D eigenvalue weighted by atomic mass is 10.1. The van der Waals surface area contributed by atoms with Crippen LogP contribution in [-0.4, -0.2) is 48.4 Å². The molecule has 174 valence electrons. The number of nitrogens with one attached hydrogen (secondary N) is 3. The van der Waals surface area contributed by atoms with E-state index in [1.807, 2.05) is 35.4 Å². The molecule has 5 rings (SSSR count). The number of aromatic nitrogens is 6. The predicted octanol–water partition coefficient (Wildman–Crippen LogP) is 3.79. The fourth-order valence-corrected chi connectivity index (χ4v) is 4.11. The lowest BCUT2D eigenvalue weighted by Crippen LogP contribution is -2.35. The summed E-state index contributed by atoms with van der Waals surface area (Å²) in [6.07, 6.45) is 7.71. The van der Waals surface area contributed by atoms with Gasteiger partial charge in [-0.05, 0) is 57.5 Å². The van der Waals surface area contributed by atoms with E-state index >= 15 is 0 Å². The Labute approximate surface area is 199 Å². The predicted molar refractivity (Wildman–Crippen MR) is 133 cm³/mol. The van der Waals surface area contributed by atoms with Gasteiger partial charge in [-0.2, -0.15) is 15.1 Å². The topological polar surface area (TPSA) is 97.5 Å². The number of benzene rings is 1. The van der Waals surface area contributed by atoms with Crippen molar-refractivity contribution < 1.29 is 0 Å². The molecule has 0 unspecified atom stereocenters. The third-order valence-electron chi connectivity index (χ3n) is 5.84. The second-order valence-corrected chi connectivity index (χ2v) is 8.42. The Kier molecular flexibility index (Phi) is 7.10. The molecular weight excluding hydrogens is 438 g/mol. The van der Waals surface area contributed by atoms with Gasteiger partial charge in [0.25, 0.3) is 0 Å². The van der Waals surface area contributed by atoms with Crippen molar-refractivity contribution in [3.05, 3.63) is 54.6 Å². The van der Waals surface area contributed by atoms with Crippen LogP contribution in [0.5, 0.6) is 0 Å². The molecule has 1 aliphatic rings. The minimum atomic E-state index is 0. The van der Waals surface area contributed by atoms with E-state index in [0.29, 0.717) is 18.5 Å². The summed E-state index contributed by atoms with van der Waals surface area (Å²) in [5.74, 6) is 1.38. The molecule has 0 aliphatic carbocycles. The van der Waals surface area contributed by atoms with Crippen LogP contribution in [0, 0.1) is 0 Å². The molecular formula is C23H30ClN9. The van der Waals surface area contributed by atoms with Gasteiger partial charge in [-0.15, -0.1) is 12.4 Å². The van der Waals surface area contributed by atoms with Crippen LogP contribution in [0.25, 0.3) is 16.9 Å². The van der Waals surface area contributed by atoms with Gasteiger partial charge in [0.15, 0.2) is 17.0 Å². The van der Waals surface area contributed by atoms with Crippen LogP contribution in [0.4, 0.5) is 11.8 Å². The first kappa shape index (κ1) is 23.0. The van der Waals surface area contributed by atoms with E-state index in [-0.39, 0.29) is 18.4 Å². The molecule has 10 heteroatoms. The third kappa shape index (κ3) is 4.94. The number of hydrogen-bond acceptors (Lipinski definition) is 7. The van der Waals surface area contributed by atoms with Gasteiger partial charge in [-0.1, -0.05) is 18.2 Å². The molecule has 3 aromatic heterocycles. The minimum absolute atomic E-state index is 0. The number of para-hydroxylation sites is 1. The molecule has 0 amide bonds. The molecule has 1 saturated heterocycles. The monoisotopic (exact) mass is 467 g/mol. The van der Waals surface area contributed by atoms with Gasteiger partial charge in [0.05, 0.1) is 12.0 Å². The highest BCUT2D eigenvalue weighted by atomic mass is 35.5. The molecule has 0 radical (unpaired) electrons. The SMILES string of the molecule is CC(C)n1cnc2c(NCc3ccccc3-n3cccn3)nc(NC3CCNCC3)nc21.Cl. The van der Waals surface area contributed by atoms with Crippen molar-refractivity contribution in [3.63, 3.8) is 0 Å². The normalized spacial score (nSPS) is 14.4. The van der Waals surface area contributed by atoms with Crippen molar-refractivity contribution in [1.82, 2.24) is 34.6 Å². The Morgan fingerprint density at radius 3 is 2.70 bits per heavy atom. The highest BCUT2D eigenvalue weighted by Gasteiger charge is 2.18. The first-order valence-electron chi connectivity index (χ1n) is 11.2. The average molecular weight is 468 g/mol. The second kappa shape index (κ2) is 10.2. The Balaban J connectivity index is 0.00000259. The number of hydrogen-bond donors (Lipinski definition) is 3. The van der Waals surface area contributed by atoms with Crippen LogP contribution in [0.15, 0.2) is 49.1 Å². The third-order valence-corrected chi connectivity index (χ3v) is 5.84. The zero-order valence-electron chi connectivity index (χ0n) is 18.9. The maximum Gasteiger partial charge on any atom is 0.227 e. The number of fused-ring (bicyclic) bond motifs is 1. The van der Waals surface area contributed by atoms with E-state index < -0.39 is 0 Å². The standard InChI is InChI=1S/C23H29N9.ClH/c1-16(2)31-15-26-20-21(29-23(30-22(20)31)28-18-8-11-24-12-9-18)25-14-17-6-3-4-7-19(17)32-13-5-10-27-32;/h3-7,10,13,15-16,18,24H,8-9,11-12,14H2,1-2H3,(H2,25,28,29,30);1H. The molecule has 0 atom stereocenters. The zero-order valence-corrected chi connectivity index (χ0v) is 19.7. The summed E-state index contributed by atoms with van der Waals surface area (Å²) in [6, 6.07) is 10.8. The van der Waals surface area contributed by atoms with Crippen LogP contribution in [0.1, 0.15) is 38.3 Å². The number of piperidine rings is 1. The van der Waals surface area contributed by atoms with Gasteiger partial charge in [-0.25, -0.2) is 9.67 Å². The molecule has 4 heterocycles. The summed E-state index contributed by atoms with van der Waals surface area (Å²) in [5.41, 5.74) is 3.79. The molecule has 9 nitrogen and oxygen atoms in total. The Bertz CT molecular complexity index is 1180. The molecule has 4 aromatic rings. The number of nitrogens with zero attached hydrogens (tertiary/aromatic N) is 6. The molecule has 1 aromatic carbocycles. The smallest absolute Gasteiger partial charge is 0.227 e. The molecule has 1 fully saturated rings. The Morgan fingerprint density at radius 2 is 1.94 bits per heavy atom. The van der Waals surface area contributed by atoms with Crippen molar-refractivity contribution in [2.45, 2.75) is 45.3 Å². The maximum absolute atomic E-state index is 4.83. The van der Waals surface area contributed by atoms with E-state index in [4.69, 9.17) is 9.97 Å². The summed E-state index contributed by atoms with van der Waals surface area (Å²) < 4.78 is 3.97. The summed E-state index contributed by atoms with van der Waals surface area (Å²) in [5, 5.41) is 14.8. The molecule has 3 N–H and O–H groups in total. The highest BCUT2D eigenvalue weighted by molar-refractivity contribution is 5.85. The minimum Gasteiger partial charge on any atom is -0.364 e. The van der Waals surface area contributed by atoms with Crippen LogP contribution in [0.2, 0.25) is 0 Å². The zero-order chi connectivity index (χ0) is 21.9. The molecule has 1 aliphatic heterocycles. The Morgan fingerprint density at radius 1 is 1.12 bits per heavy atom. The fourth-order valence-electron chi connectivity index (χ4n) is 4.11. The van der Waals surface area contributed by atoms with E-state index in [0.717, 1.165) is 54.2 Å². The highest BCUT2D eigenvalue weighted by Crippen LogP contribution is 2.25. The van der Waals surface area contributed by atoms with Crippen LogP contribution in [-0.2, 0) is 6.54 Å². The van der Waals surface area contributed by atoms with Gasteiger partial charge in [0, 0.05) is 31.0 Å². The summed E-state index contributed by atoms with van der Waals surface area (Å²) >= 11 is 0. The molecule has 33 heavy (non-hydrogen) atoms. The van der Waals surface area contributed by atoms with E-state index in [1.54, 1.807) is 6.20 Å². The number of halogens is 1. The number of rotatable bonds is 7. The van der Waals surface area contributed by atoms with E-state index in [1.165, 1.54) is 0 Å². The van der Waals surface area contributed by atoms with E-state index in [2.05, 4.69) is 56.6 Å². The first-order chi connectivity index (χ1) is 15.7. The van der Waals surface area contributed by atoms with Crippen molar-refractivity contribution in [2.24, 2.45) is 0 Å². The van der Waals surface area contributed by atoms with Crippen LogP contribution < -0.4 is 16.0 Å². The largest absolute Gasteiger partial charge is 0.364 e. The van der Waals surface area contributed by atoms with Crippen molar-refractivity contribution in [2.75, 3.05) is 23.7 Å². The molecule has 0 spiro atoms. The quantitative estimate of drug-likeness (QED) is 0.380. The van der Waals surface area contributed by atoms with Crippen molar-refractivity contribution in [1.29, 1.82) is 0 Å². The van der Waals surface area contributed by atoms with Crippen molar-refractivity contribution >= 4 is 35.3 Å². The van der Waals surface area contributed by atoms with Crippen LogP contribution in [0.3, 0.4) is 0 Å². The summed E-state index contributed by atoms with van der Waals surface area (Å²) in [4.78, 5) is 14.3. The lowest BCUT2D eigenvalue weighted by Gasteiger charge is -2.24. The summed E-state index contributed by atoms with van der Waals surface area (Å²) in [6.45, 7) is 6.90. The second-order valence-electron chi connectivity index (χ2n) is 8.42. The van der Waals surface area contributed by atoms with Gasteiger partial charge >= 0.3 is 0 Å². The Hall–Kier alpha value is -3.17. The molecule has 0 bridgehead atoms. The van der Waals surface area contributed by atoms with Gasteiger partial charge in [0.2, 0.25) is 5.95 Å². The van der Waals surface area contributed by atoms with Gasteiger partial charge < -0.3 is 20.5 Å². The summed E-state index contributed by atoms with van der Waals surface area (Å²) in [7, 11) is 0. The van der Waals surface area contributed by atoms with Gasteiger partial charge in [0.1, 0.15) is 0 Å². The average Bonchev–Trinajstić information content (AvgIpc) is 3.49.